The first kappa shape index (κ1) is 19.2. The van der Waals surface area contributed by atoms with Crippen LogP contribution in [-0.2, 0) is 9.47 Å². The van der Waals surface area contributed by atoms with Crippen molar-refractivity contribution in [2.75, 3.05) is 25.2 Å². The SMILES string of the molecule is COC[C@H]1CN(c2coc3cc(C=CC[C@@H](O)C(F)(F)F)ccc23)C(=O)O1. The Kier molecular flexibility index (Phi) is 5.43. The summed E-state index contributed by atoms with van der Waals surface area (Å²) in [5, 5.41) is 9.67. The average Bonchev–Trinajstić information content (AvgIpc) is 3.17. The Morgan fingerprint density at radius 2 is 2.22 bits per heavy atom. The number of alkyl halides is 3. The van der Waals surface area contributed by atoms with Crippen molar-refractivity contribution in [3.05, 3.63) is 36.1 Å². The fraction of sp³-hybridized carbons (Fsp3) is 0.389. The standard InChI is InChI=1S/C18H18F3NO5/c1-25-9-12-8-22(17(24)27-12)14-10-26-15-7-11(5-6-13(14)15)3-2-4-16(23)18(19,20)21/h2-3,5-7,10,12,16,23H,4,8-9H2,1H3/t12-,16-/m1/s1. The molecular weight excluding hydrogens is 367 g/mol. The number of halogens is 3. The lowest BCUT2D eigenvalue weighted by Gasteiger charge is -2.11. The third-order valence-electron chi connectivity index (χ3n) is 4.14. The summed E-state index contributed by atoms with van der Waals surface area (Å²) in [6, 6.07) is 5.04. The van der Waals surface area contributed by atoms with Crippen molar-refractivity contribution in [2.24, 2.45) is 0 Å². The summed E-state index contributed by atoms with van der Waals surface area (Å²) in [6.45, 7) is 0.620. The molecule has 1 aliphatic heterocycles. The van der Waals surface area contributed by atoms with Crippen molar-refractivity contribution >= 4 is 28.8 Å². The van der Waals surface area contributed by atoms with E-state index in [-0.39, 0.29) is 12.7 Å². The van der Waals surface area contributed by atoms with Gasteiger partial charge in [-0.1, -0.05) is 18.2 Å². The Labute approximate surface area is 152 Å². The Morgan fingerprint density at radius 3 is 2.93 bits per heavy atom. The second kappa shape index (κ2) is 7.61. The van der Waals surface area contributed by atoms with E-state index in [1.165, 1.54) is 30.4 Å². The molecule has 2 atom stereocenters. The van der Waals surface area contributed by atoms with Crippen molar-refractivity contribution in [1.29, 1.82) is 0 Å². The normalized spacial score (nSPS) is 19.2. The smallest absolute Gasteiger partial charge is 0.414 e. The number of amides is 1. The van der Waals surface area contributed by atoms with Crippen LogP contribution in [0.1, 0.15) is 12.0 Å². The summed E-state index contributed by atoms with van der Waals surface area (Å²) in [7, 11) is 1.52. The van der Waals surface area contributed by atoms with Gasteiger partial charge in [-0.3, -0.25) is 4.90 Å². The van der Waals surface area contributed by atoms with Crippen LogP contribution in [-0.4, -0.2) is 49.8 Å². The number of hydrogen-bond donors (Lipinski definition) is 1. The van der Waals surface area contributed by atoms with E-state index in [1.807, 2.05) is 0 Å². The van der Waals surface area contributed by atoms with E-state index in [9.17, 15) is 18.0 Å². The molecule has 0 spiro atoms. The second-order valence-electron chi connectivity index (χ2n) is 6.14. The van der Waals surface area contributed by atoms with Gasteiger partial charge in [-0.25, -0.2) is 4.79 Å². The first-order valence-electron chi connectivity index (χ1n) is 8.19. The summed E-state index contributed by atoms with van der Waals surface area (Å²) < 4.78 is 52.6. The maximum atomic E-state index is 12.3. The van der Waals surface area contributed by atoms with Crippen LogP contribution in [0.15, 0.2) is 35.0 Å². The number of aliphatic hydroxyl groups excluding tert-OH is 1. The van der Waals surface area contributed by atoms with Gasteiger partial charge in [-0.05, 0) is 17.7 Å². The predicted octanol–water partition coefficient (Wildman–Crippen LogP) is 3.73. The highest BCUT2D eigenvalue weighted by atomic mass is 19.4. The first-order chi connectivity index (χ1) is 12.8. The Morgan fingerprint density at radius 1 is 1.44 bits per heavy atom. The van der Waals surface area contributed by atoms with Crippen LogP contribution in [0.2, 0.25) is 0 Å². The van der Waals surface area contributed by atoms with Crippen molar-refractivity contribution in [3.8, 4) is 0 Å². The maximum Gasteiger partial charge on any atom is 0.414 e. The Hall–Kier alpha value is -2.52. The van der Waals surface area contributed by atoms with Gasteiger partial charge in [0.15, 0.2) is 6.10 Å². The minimum Gasteiger partial charge on any atom is -0.462 e. The highest BCUT2D eigenvalue weighted by molar-refractivity contribution is 6.01. The number of anilines is 1. The number of aliphatic hydroxyl groups is 1. The fourth-order valence-electron chi connectivity index (χ4n) is 2.80. The van der Waals surface area contributed by atoms with Gasteiger partial charge < -0.3 is 19.0 Å². The zero-order valence-corrected chi connectivity index (χ0v) is 14.4. The summed E-state index contributed by atoms with van der Waals surface area (Å²) in [4.78, 5) is 13.5. The van der Waals surface area contributed by atoms with Crippen molar-refractivity contribution in [1.82, 2.24) is 0 Å². The lowest BCUT2D eigenvalue weighted by Crippen LogP contribution is -2.27. The molecule has 1 fully saturated rings. The third kappa shape index (κ3) is 4.25. The molecule has 0 radical (unpaired) electrons. The molecule has 1 aromatic carbocycles. The number of benzene rings is 1. The van der Waals surface area contributed by atoms with Crippen LogP contribution in [0.3, 0.4) is 0 Å². The summed E-state index contributed by atoms with van der Waals surface area (Å²) >= 11 is 0. The maximum absolute atomic E-state index is 12.3. The Bertz CT molecular complexity index is 845. The first-order valence-corrected chi connectivity index (χ1v) is 8.19. The van der Waals surface area contributed by atoms with Crippen LogP contribution in [0.5, 0.6) is 0 Å². The average molecular weight is 385 g/mol. The van der Waals surface area contributed by atoms with Crippen molar-refractivity contribution < 1.29 is 37.0 Å². The van der Waals surface area contributed by atoms with Crippen LogP contribution in [0.25, 0.3) is 17.0 Å². The molecule has 1 N–H and O–H groups in total. The number of furan rings is 1. The van der Waals surface area contributed by atoms with Crippen LogP contribution >= 0.6 is 0 Å². The molecule has 0 saturated carbocycles. The molecule has 0 bridgehead atoms. The molecule has 3 rings (SSSR count). The molecule has 27 heavy (non-hydrogen) atoms. The van der Waals surface area contributed by atoms with Gasteiger partial charge in [-0.15, -0.1) is 0 Å². The molecular formula is C18H18F3NO5. The number of hydrogen-bond acceptors (Lipinski definition) is 5. The van der Waals surface area contributed by atoms with E-state index in [0.29, 0.717) is 28.8 Å². The zero-order chi connectivity index (χ0) is 19.6. The van der Waals surface area contributed by atoms with E-state index in [0.717, 1.165) is 0 Å². The molecule has 1 saturated heterocycles. The molecule has 1 amide bonds. The largest absolute Gasteiger partial charge is 0.462 e. The molecule has 9 heteroatoms. The molecule has 146 valence electrons. The number of carbonyl (C=O) groups is 1. The number of cyclic esters (lactones) is 1. The summed E-state index contributed by atoms with van der Waals surface area (Å²) in [5.41, 5.74) is 1.64. The number of rotatable bonds is 6. The van der Waals surface area contributed by atoms with Gasteiger partial charge in [0, 0.05) is 18.9 Å². The van der Waals surface area contributed by atoms with Gasteiger partial charge >= 0.3 is 12.3 Å². The molecule has 0 aliphatic carbocycles. The molecule has 2 heterocycles. The van der Waals surface area contributed by atoms with E-state index < -0.39 is 24.8 Å². The van der Waals surface area contributed by atoms with E-state index in [1.54, 1.807) is 18.2 Å². The van der Waals surface area contributed by atoms with E-state index in [4.69, 9.17) is 19.0 Å². The quantitative estimate of drug-likeness (QED) is 0.820. The fourth-order valence-corrected chi connectivity index (χ4v) is 2.80. The third-order valence-corrected chi connectivity index (χ3v) is 4.14. The lowest BCUT2D eigenvalue weighted by atomic mass is 10.1. The van der Waals surface area contributed by atoms with Gasteiger partial charge in [0.1, 0.15) is 18.0 Å². The summed E-state index contributed by atoms with van der Waals surface area (Å²) in [5.74, 6) is 0. The number of nitrogens with zero attached hydrogens (tertiary/aromatic N) is 1. The minimum absolute atomic E-state index is 0.288. The number of carbonyl (C=O) groups excluding carboxylic acids is 1. The monoisotopic (exact) mass is 385 g/mol. The van der Waals surface area contributed by atoms with Gasteiger partial charge in [0.2, 0.25) is 0 Å². The highest BCUT2D eigenvalue weighted by Gasteiger charge is 2.37. The van der Waals surface area contributed by atoms with Crippen LogP contribution < -0.4 is 4.90 Å². The second-order valence-corrected chi connectivity index (χ2v) is 6.14. The number of ether oxygens (including phenoxy) is 2. The highest BCUT2D eigenvalue weighted by Crippen LogP contribution is 2.33. The van der Waals surface area contributed by atoms with E-state index >= 15 is 0 Å². The predicted molar refractivity (Wildman–Crippen MR) is 91.4 cm³/mol. The Balaban J connectivity index is 1.74. The van der Waals surface area contributed by atoms with Gasteiger partial charge in [-0.2, -0.15) is 13.2 Å². The van der Waals surface area contributed by atoms with Crippen LogP contribution in [0, 0.1) is 0 Å². The van der Waals surface area contributed by atoms with Gasteiger partial charge in [0.25, 0.3) is 0 Å². The molecule has 0 unspecified atom stereocenters. The number of fused-ring (bicyclic) bond motifs is 1. The lowest BCUT2D eigenvalue weighted by molar-refractivity contribution is -0.202. The topological polar surface area (TPSA) is 72.1 Å². The van der Waals surface area contributed by atoms with E-state index in [2.05, 4.69) is 0 Å². The van der Waals surface area contributed by atoms with Crippen LogP contribution in [0.4, 0.5) is 23.7 Å². The molecule has 2 aromatic rings. The number of methoxy groups -OCH3 is 1. The van der Waals surface area contributed by atoms with Crippen molar-refractivity contribution in [2.45, 2.75) is 24.8 Å². The summed E-state index contributed by atoms with van der Waals surface area (Å²) in [6.07, 6.45) is -4.29. The van der Waals surface area contributed by atoms with Crippen molar-refractivity contribution in [3.63, 3.8) is 0 Å². The van der Waals surface area contributed by atoms with Gasteiger partial charge in [0.05, 0.1) is 18.8 Å². The zero-order valence-electron chi connectivity index (χ0n) is 14.4. The molecule has 1 aromatic heterocycles. The minimum atomic E-state index is -4.64. The molecule has 6 nitrogen and oxygen atoms in total. The molecule has 1 aliphatic rings.